The second-order valence-corrected chi connectivity index (χ2v) is 6.18. The molecule has 0 aliphatic heterocycles. The van der Waals surface area contributed by atoms with Gasteiger partial charge in [-0.1, -0.05) is 58.3 Å². The molecule has 0 saturated heterocycles. The molecule has 24 heavy (non-hydrogen) atoms. The molecule has 0 amide bonds. The maximum absolute atomic E-state index is 11.6. The van der Waals surface area contributed by atoms with Crippen molar-refractivity contribution in [3.8, 4) is 0 Å². The van der Waals surface area contributed by atoms with E-state index in [9.17, 15) is 9.59 Å². The van der Waals surface area contributed by atoms with Gasteiger partial charge in [0.05, 0.1) is 6.61 Å². The second-order valence-electron chi connectivity index (χ2n) is 6.18. The number of ether oxygens (including phenoxy) is 2. The van der Waals surface area contributed by atoms with Gasteiger partial charge in [-0.15, -0.1) is 0 Å². The van der Waals surface area contributed by atoms with Crippen LogP contribution in [0.1, 0.15) is 78.1 Å². The van der Waals surface area contributed by atoms with Crippen LogP contribution in [0.25, 0.3) is 0 Å². The molecule has 0 heterocycles. The first-order valence-corrected chi connectivity index (χ1v) is 9.16. The van der Waals surface area contributed by atoms with Gasteiger partial charge in [-0.25, -0.2) is 4.79 Å². The average molecular weight is 346 g/mol. The summed E-state index contributed by atoms with van der Waals surface area (Å²) in [5.74, 6) is -1.20. The highest BCUT2D eigenvalue weighted by molar-refractivity contribution is 5.74. The SMILES string of the molecule is CCCCCCCCCCCC(=O)OCC(CO)OC(=O)C(C)O. The minimum absolute atomic E-state index is 0.189. The summed E-state index contributed by atoms with van der Waals surface area (Å²) < 4.78 is 9.78. The molecule has 0 aromatic rings. The first-order valence-electron chi connectivity index (χ1n) is 9.16. The molecule has 0 radical (unpaired) electrons. The lowest BCUT2D eigenvalue weighted by atomic mass is 10.1. The van der Waals surface area contributed by atoms with Crippen LogP contribution in [0.5, 0.6) is 0 Å². The summed E-state index contributed by atoms with van der Waals surface area (Å²) >= 11 is 0. The summed E-state index contributed by atoms with van der Waals surface area (Å²) in [5, 5.41) is 18.1. The van der Waals surface area contributed by atoms with Gasteiger partial charge in [0.1, 0.15) is 12.7 Å². The fourth-order valence-corrected chi connectivity index (χ4v) is 2.22. The molecule has 0 spiro atoms. The molecular formula is C18H34O6. The van der Waals surface area contributed by atoms with Crippen molar-refractivity contribution in [2.75, 3.05) is 13.2 Å². The molecule has 0 bridgehead atoms. The number of carbonyl (C=O) groups excluding carboxylic acids is 2. The van der Waals surface area contributed by atoms with Gasteiger partial charge in [0.15, 0.2) is 6.10 Å². The molecule has 0 aromatic heterocycles. The van der Waals surface area contributed by atoms with E-state index in [2.05, 4.69) is 6.92 Å². The largest absolute Gasteiger partial charge is 0.462 e. The van der Waals surface area contributed by atoms with Gasteiger partial charge in [0.25, 0.3) is 0 Å². The summed E-state index contributed by atoms with van der Waals surface area (Å²) in [7, 11) is 0. The monoisotopic (exact) mass is 346 g/mol. The Labute approximate surface area is 145 Å². The van der Waals surface area contributed by atoms with E-state index >= 15 is 0 Å². The fourth-order valence-electron chi connectivity index (χ4n) is 2.22. The number of hydrogen-bond acceptors (Lipinski definition) is 6. The topological polar surface area (TPSA) is 93.1 Å². The van der Waals surface area contributed by atoms with Crippen molar-refractivity contribution < 1.29 is 29.3 Å². The Hall–Kier alpha value is -1.14. The van der Waals surface area contributed by atoms with Gasteiger partial charge in [-0.05, 0) is 13.3 Å². The Kier molecular flexibility index (Phi) is 14.7. The third-order valence-electron chi connectivity index (χ3n) is 3.74. The number of aliphatic hydroxyl groups excluding tert-OH is 2. The molecule has 6 heteroatoms. The molecule has 2 atom stereocenters. The Morgan fingerprint density at radius 2 is 1.50 bits per heavy atom. The van der Waals surface area contributed by atoms with Gasteiger partial charge >= 0.3 is 11.9 Å². The van der Waals surface area contributed by atoms with E-state index in [1.165, 1.54) is 45.4 Å². The summed E-state index contributed by atoms with van der Waals surface area (Å²) in [6.07, 6.45) is 8.70. The maximum atomic E-state index is 11.6. The highest BCUT2D eigenvalue weighted by atomic mass is 16.6. The number of unbranched alkanes of at least 4 members (excludes halogenated alkanes) is 8. The molecule has 0 aliphatic carbocycles. The number of esters is 2. The molecule has 2 N–H and O–H groups in total. The van der Waals surface area contributed by atoms with E-state index in [0.717, 1.165) is 19.3 Å². The molecular weight excluding hydrogens is 312 g/mol. The molecule has 0 fully saturated rings. The van der Waals surface area contributed by atoms with Crippen LogP contribution in [0.4, 0.5) is 0 Å². The zero-order valence-electron chi connectivity index (χ0n) is 15.2. The maximum Gasteiger partial charge on any atom is 0.335 e. The summed E-state index contributed by atoms with van der Waals surface area (Å²) in [6, 6.07) is 0. The zero-order chi connectivity index (χ0) is 18.2. The lowest BCUT2D eigenvalue weighted by Crippen LogP contribution is -2.32. The average Bonchev–Trinajstić information content (AvgIpc) is 2.56. The summed E-state index contributed by atoms with van der Waals surface area (Å²) in [4.78, 5) is 22.8. The number of hydrogen-bond donors (Lipinski definition) is 2. The number of carbonyl (C=O) groups is 2. The first-order chi connectivity index (χ1) is 11.5. The Balaban J connectivity index is 3.59. The fraction of sp³-hybridized carbons (Fsp3) is 0.889. The smallest absolute Gasteiger partial charge is 0.335 e. The molecule has 0 aromatic carbocycles. The number of rotatable bonds is 15. The van der Waals surface area contributed by atoms with E-state index in [1.54, 1.807) is 0 Å². The minimum Gasteiger partial charge on any atom is -0.462 e. The van der Waals surface area contributed by atoms with Crippen LogP contribution in [0.3, 0.4) is 0 Å². The molecule has 0 aliphatic rings. The van der Waals surface area contributed by atoms with Gasteiger partial charge in [0.2, 0.25) is 0 Å². The van der Waals surface area contributed by atoms with Crippen molar-refractivity contribution in [1.29, 1.82) is 0 Å². The Bertz CT molecular complexity index is 329. The standard InChI is InChI=1S/C18H34O6/c1-3-4-5-6-7-8-9-10-11-12-17(21)23-14-16(13-19)24-18(22)15(2)20/h15-16,19-20H,3-14H2,1-2H3. The van der Waals surface area contributed by atoms with Crippen LogP contribution in [0.15, 0.2) is 0 Å². The van der Waals surface area contributed by atoms with Crippen molar-refractivity contribution in [2.24, 2.45) is 0 Å². The van der Waals surface area contributed by atoms with Gasteiger partial charge < -0.3 is 19.7 Å². The summed E-state index contributed by atoms with van der Waals surface area (Å²) in [6.45, 7) is 2.83. The van der Waals surface area contributed by atoms with E-state index in [-0.39, 0.29) is 12.6 Å². The molecule has 2 unspecified atom stereocenters. The van der Waals surface area contributed by atoms with Crippen LogP contribution in [0.2, 0.25) is 0 Å². The van der Waals surface area contributed by atoms with Crippen molar-refractivity contribution in [1.82, 2.24) is 0 Å². The molecule has 0 rings (SSSR count). The highest BCUT2D eigenvalue weighted by Crippen LogP contribution is 2.11. The van der Waals surface area contributed by atoms with Crippen LogP contribution in [-0.4, -0.2) is 47.6 Å². The third-order valence-corrected chi connectivity index (χ3v) is 3.74. The van der Waals surface area contributed by atoms with Crippen molar-refractivity contribution in [3.63, 3.8) is 0 Å². The highest BCUT2D eigenvalue weighted by Gasteiger charge is 2.19. The van der Waals surface area contributed by atoms with Crippen LogP contribution < -0.4 is 0 Å². The van der Waals surface area contributed by atoms with E-state index in [0.29, 0.717) is 6.42 Å². The van der Waals surface area contributed by atoms with Crippen molar-refractivity contribution in [2.45, 2.75) is 90.3 Å². The predicted molar refractivity (Wildman–Crippen MR) is 91.4 cm³/mol. The van der Waals surface area contributed by atoms with Crippen molar-refractivity contribution >= 4 is 11.9 Å². The predicted octanol–water partition coefficient (Wildman–Crippen LogP) is 2.74. The lowest BCUT2D eigenvalue weighted by molar-refractivity contribution is -0.167. The Morgan fingerprint density at radius 1 is 0.958 bits per heavy atom. The quantitative estimate of drug-likeness (QED) is 0.350. The van der Waals surface area contributed by atoms with Gasteiger partial charge in [-0.2, -0.15) is 0 Å². The Morgan fingerprint density at radius 3 is 2.00 bits per heavy atom. The summed E-state index contributed by atoms with van der Waals surface area (Å²) in [5.41, 5.74) is 0. The van der Waals surface area contributed by atoms with E-state index in [1.807, 2.05) is 0 Å². The van der Waals surface area contributed by atoms with Crippen LogP contribution >= 0.6 is 0 Å². The normalized spacial score (nSPS) is 13.3. The second kappa shape index (κ2) is 15.4. The number of aliphatic hydroxyl groups is 2. The molecule has 6 nitrogen and oxygen atoms in total. The zero-order valence-corrected chi connectivity index (χ0v) is 15.2. The third kappa shape index (κ3) is 13.3. The van der Waals surface area contributed by atoms with Crippen LogP contribution in [-0.2, 0) is 19.1 Å². The van der Waals surface area contributed by atoms with Crippen LogP contribution in [0, 0.1) is 0 Å². The van der Waals surface area contributed by atoms with Gasteiger partial charge in [-0.3, -0.25) is 4.79 Å². The minimum atomic E-state index is -1.27. The van der Waals surface area contributed by atoms with Gasteiger partial charge in [0, 0.05) is 6.42 Å². The van der Waals surface area contributed by atoms with E-state index < -0.39 is 24.8 Å². The lowest BCUT2D eigenvalue weighted by Gasteiger charge is -2.16. The molecule has 142 valence electrons. The van der Waals surface area contributed by atoms with Crippen molar-refractivity contribution in [3.05, 3.63) is 0 Å². The first kappa shape index (κ1) is 22.9. The van der Waals surface area contributed by atoms with E-state index in [4.69, 9.17) is 19.7 Å². The molecule has 0 saturated carbocycles.